The van der Waals surface area contributed by atoms with Crippen LogP contribution in [0.15, 0.2) is 54.6 Å². The van der Waals surface area contributed by atoms with Gasteiger partial charge in [-0.25, -0.2) is 9.36 Å². The van der Waals surface area contributed by atoms with E-state index in [1.807, 2.05) is 6.92 Å². The second-order valence-electron chi connectivity index (χ2n) is 5.03. The number of rotatable bonds is 7. The van der Waals surface area contributed by atoms with Gasteiger partial charge in [0.2, 0.25) is 0 Å². The van der Waals surface area contributed by atoms with Crippen LogP contribution in [0, 0.1) is 0 Å². The maximum atomic E-state index is 12.1. The van der Waals surface area contributed by atoms with Crippen molar-refractivity contribution < 1.29 is 23.5 Å². The SMILES string of the molecule is CCCOc1ccc(C(=O)OP(=O)(O)Cc2ccccc2)cc1. The van der Waals surface area contributed by atoms with Crippen LogP contribution < -0.4 is 4.74 Å². The topological polar surface area (TPSA) is 72.8 Å². The molecule has 1 N–H and O–H groups in total. The molecular formula is C17H19O5P. The van der Waals surface area contributed by atoms with E-state index in [0.29, 0.717) is 17.9 Å². The average molecular weight is 334 g/mol. The van der Waals surface area contributed by atoms with Crippen molar-refractivity contribution in [1.29, 1.82) is 0 Å². The molecule has 0 fully saturated rings. The molecule has 1 unspecified atom stereocenters. The summed E-state index contributed by atoms with van der Waals surface area (Å²) in [6, 6.07) is 15.0. The highest BCUT2D eigenvalue weighted by Gasteiger charge is 2.25. The van der Waals surface area contributed by atoms with Gasteiger partial charge in [-0.05, 0) is 36.2 Å². The van der Waals surface area contributed by atoms with E-state index < -0.39 is 13.6 Å². The molecule has 0 aromatic heterocycles. The molecule has 2 aromatic rings. The van der Waals surface area contributed by atoms with Crippen LogP contribution in [0.4, 0.5) is 0 Å². The van der Waals surface area contributed by atoms with Crippen LogP contribution in [0.25, 0.3) is 0 Å². The van der Waals surface area contributed by atoms with E-state index >= 15 is 0 Å². The van der Waals surface area contributed by atoms with Gasteiger partial charge in [-0.15, -0.1) is 0 Å². The van der Waals surface area contributed by atoms with Crippen molar-refractivity contribution in [1.82, 2.24) is 0 Å². The summed E-state index contributed by atoms with van der Waals surface area (Å²) in [5.41, 5.74) is 0.839. The normalized spacial score (nSPS) is 13.1. The van der Waals surface area contributed by atoms with Crippen molar-refractivity contribution in [2.75, 3.05) is 6.61 Å². The number of hydrogen-bond acceptors (Lipinski definition) is 4. The first-order valence-corrected chi connectivity index (χ1v) is 9.09. The smallest absolute Gasteiger partial charge is 0.383 e. The Morgan fingerprint density at radius 2 is 1.74 bits per heavy atom. The number of carbonyl (C=O) groups is 1. The summed E-state index contributed by atoms with van der Waals surface area (Å²) in [4.78, 5) is 21.8. The Hall–Kier alpha value is -2.10. The Morgan fingerprint density at radius 3 is 2.35 bits per heavy atom. The molecule has 0 spiro atoms. The zero-order valence-electron chi connectivity index (χ0n) is 12.8. The fourth-order valence-electron chi connectivity index (χ4n) is 1.94. The molecule has 2 aromatic carbocycles. The first-order chi connectivity index (χ1) is 11.0. The molecule has 5 nitrogen and oxygen atoms in total. The van der Waals surface area contributed by atoms with E-state index in [2.05, 4.69) is 0 Å². The summed E-state index contributed by atoms with van der Waals surface area (Å²) in [5.74, 6) is -0.186. The molecule has 1 atom stereocenters. The second kappa shape index (κ2) is 7.95. The molecule has 122 valence electrons. The lowest BCUT2D eigenvalue weighted by Gasteiger charge is -2.12. The Morgan fingerprint density at radius 1 is 1.09 bits per heavy atom. The summed E-state index contributed by atoms with van der Waals surface area (Å²) in [5, 5.41) is 0. The van der Waals surface area contributed by atoms with Crippen LogP contribution in [0.1, 0.15) is 29.3 Å². The van der Waals surface area contributed by atoms with E-state index in [0.717, 1.165) is 6.42 Å². The fraction of sp³-hybridized carbons (Fsp3) is 0.235. The van der Waals surface area contributed by atoms with E-state index in [-0.39, 0.29) is 11.7 Å². The van der Waals surface area contributed by atoms with Crippen LogP contribution in [0.5, 0.6) is 5.75 Å². The molecule has 6 heteroatoms. The van der Waals surface area contributed by atoms with E-state index in [1.165, 1.54) is 12.1 Å². The molecule has 0 aliphatic carbocycles. The van der Waals surface area contributed by atoms with E-state index in [9.17, 15) is 14.3 Å². The van der Waals surface area contributed by atoms with Crippen molar-refractivity contribution in [2.24, 2.45) is 0 Å². The van der Waals surface area contributed by atoms with Gasteiger partial charge in [-0.3, -0.25) is 0 Å². The highest BCUT2D eigenvalue weighted by atomic mass is 31.2. The summed E-state index contributed by atoms with van der Waals surface area (Å²) < 4.78 is 22.3. The maximum Gasteiger partial charge on any atom is 0.383 e. The third-order valence-corrected chi connectivity index (χ3v) is 4.23. The number of hydrogen-bond donors (Lipinski definition) is 1. The van der Waals surface area contributed by atoms with E-state index in [1.54, 1.807) is 42.5 Å². The summed E-state index contributed by atoms with van der Waals surface area (Å²) in [7, 11) is -4.05. The van der Waals surface area contributed by atoms with Crippen LogP contribution in [-0.4, -0.2) is 17.5 Å². The first kappa shape index (κ1) is 17.3. The van der Waals surface area contributed by atoms with Gasteiger partial charge < -0.3 is 14.2 Å². The first-order valence-electron chi connectivity index (χ1n) is 7.33. The predicted octanol–water partition coefficient (Wildman–Crippen LogP) is 4.02. The van der Waals surface area contributed by atoms with Crippen molar-refractivity contribution in [2.45, 2.75) is 19.5 Å². The van der Waals surface area contributed by atoms with Crippen molar-refractivity contribution in [3.8, 4) is 5.75 Å². The standard InChI is InChI=1S/C17H19O5P/c1-2-12-21-16-10-8-15(9-11-16)17(18)22-23(19,20)13-14-6-4-3-5-7-14/h3-11H,2,12-13H2,1H3,(H,19,20). The van der Waals surface area contributed by atoms with Crippen molar-refractivity contribution in [3.63, 3.8) is 0 Å². The minimum absolute atomic E-state index is 0.205. The van der Waals surface area contributed by atoms with Gasteiger partial charge in [0.25, 0.3) is 0 Å². The lowest BCUT2D eigenvalue weighted by molar-refractivity contribution is 0.0716. The molecule has 0 saturated carbocycles. The Bertz CT molecular complexity index is 682. The Kier molecular flexibility index (Phi) is 5.97. The molecule has 0 bridgehead atoms. The van der Waals surface area contributed by atoms with Gasteiger partial charge in [-0.2, -0.15) is 0 Å². The van der Waals surface area contributed by atoms with Crippen LogP contribution in [0.2, 0.25) is 0 Å². The molecule has 0 saturated heterocycles. The predicted molar refractivity (Wildman–Crippen MR) is 87.6 cm³/mol. The molecular weight excluding hydrogens is 315 g/mol. The highest BCUT2D eigenvalue weighted by Crippen LogP contribution is 2.46. The van der Waals surface area contributed by atoms with Gasteiger partial charge in [0.15, 0.2) is 0 Å². The lowest BCUT2D eigenvalue weighted by atomic mass is 10.2. The molecule has 0 amide bonds. The third-order valence-electron chi connectivity index (χ3n) is 3.01. The molecule has 23 heavy (non-hydrogen) atoms. The van der Waals surface area contributed by atoms with Gasteiger partial charge in [0.05, 0.1) is 18.3 Å². The highest BCUT2D eigenvalue weighted by molar-refractivity contribution is 7.52. The fourth-order valence-corrected chi connectivity index (χ4v) is 3.04. The molecule has 0 aliphatic rings. The van der Waals surface area contributed by atoms with Gasteiger partial charge in [0.1, 0.15) is 5.75 Å². The summed E-state index contributed by atoms with van der Waals surface area (Å²) in [6.45, 7) is 2.59. The Labute approximate surface area is 135 Å². The van der Waals surface area contributed by atoms with Crippen LogP contribution in [-0.2, 0) is 15.3 Å². The quantitative estimate of drug-likeness (QED) is 0.774. The summed E-state index contributed by atoms with van der Waals surface area (Å²) >= 11 is 0. The minimum atomic E-state index is -4.05. The zero-order chi connectivity index (χ0) is 16.7. The second-order valence-corrected chi connectivity index (χ2v) is 6.81. The molecule has 0 radical (unpaired) electrons. The molecule has 2 rings (SSSR count). The van der Waals surface area contributed by atoms with Crippen LogP contribution >= 0.6 is 7.60 Å². The Balaban J connectivity index is 1.98. The average Bonchev–Trinajstić information content (AvgIpc) is 2.53. The van der Waals surface area contributed by atoms with Crippen molar-refractivity contribution >= 4 is 13.6 Å². The van der Waals surface area contributed by atoms with Gasteiger partial charge >= 0.3 is 13.6 Å². The number of benzene rings is 2. The number of carbonyl (C=O) groups excluding carboxylic acids is 1. The van der Waals surface area contributed by atoms with E-state index in [4.69, 9.17) is 9.26 Å². The lowest BCUT2D eigenvalue weighted by Crippen LogP contribution is -2.05. The molecule has 0 heterocycles. The third kappa shape index (κ3) is 5.55. The summed E-state index contributed by atoms with van der Waals surface area (Å²) in [6.07, 6.45) is 0.675. The monoisotopic (exact) mass is 334 g/mol. The van der Waals surface area contributed by atoms with Gasteiger partial charge in [-0.1, -0.05) is 37.3 Å². The van der Waals surface area contributed by atoms with Crippen molar-refractivity contribution in [3.05, 3.63) is 65.7 Å². The zero-order valence-corrected chi connectivity index (χ0v) is 13.7. The minimum Gasteiger partial charge on any atom is -0.494 e. The number of ether oxygens (including phenoxy) is 1. The van der Waals surface area contributed by atoms with Gasteiger partial charge in [0, 0.05) is 0 Å². The van der Waals surface area contributed by atoms with Crippen LogP contribution in [0.3, 0.4) is 0 Å². The molecule has 0 aliphatic heterocycles. The maximum absolute atomic E-state index is 12.1. The largest absolute Gasteiger partial charge is 0.494 e.